The normalized spacial score (nSPS) is 57.2. The van der Waals surface area contributed by atoms with Gasteiger partial charge in [0.05, 0.1) is 6.61 Å². The minimum atomic E-state index is -3.01. The topological polar surface area (TPSA) is 66.8 Å². The third kappa shape index (κ3) is 0.531. The highest BCUT2D eigenvalue weighted by Crippen LogP contribution is 2.59. The molecular formula is C6H6F2O4. The fraction of sp³-hybridized carbons (Fsp3) is 0.833. The lowest BCUT2D eigenvalue weighted by Crippen LogP contribution is -2.36. The summed E-state index contributed by atoms with van der Waals surface area (Å²) in [6, 6.07) is 0. The summed E-state index contributed by atoms with van der Waals surface area (Å²) in [4.78, 5) is 10.5. The Kier molecular flexibility index (Phi) is 1.23. The Morgan fingerprint density at radius 1 is 1.58 bits per heavy atom. The number of rotatable bonds is 1. The van der Waals surface area contributed by atoms with Crippen LogP contribution >= 0.6 is 0 Å². The van der Waals surface area contributed by atoms with E-state index in [0.717, 1.165) is 0 Å². The molecule has 2 fully saturated rings. The second-order valence-electron chi connectivity index (χ2n) is 2.92. The molecule has 2 aliphatic rings. The molecule has 0 amide bonds. The van der Waals surface area contributed by atoms with E-state index >= 15 is 0 Å². The summed E-state index contributed by atoms with van der Waals surface area (Å²) >= 11 is 0. The predicted octanol–water partition coefficient (Wildman–Crippen LogP) is -1.30. The molecular weight excluding hydrogens is 174 g/mol. The Morgan fingerprint density at radius 3 is 2.50 bits per heavy atom. The molecule has 1 saturated heterocycles. The van der Waals surface area contributed by atoms with Gasteiger partial charge in [0.1, 0.15) is 12.2 Å². The summed E-state index contributed by atoms with van der Waals surface area (Å²) in [5.74, 6) is -4.41. The first-order valence-electron chi connectivity index (χ1n) is 3.38. The van der Waals surface area contributed by atoms with Crippen LogP contribution in [0.5, 0.6) is 0 Å². The van der Waals surface area contributed by atoms with E-state index in [4.69, 9.17) is 10.2 Å². The van der Waals surface area contributed by atoms with Crippen LogP contribution < -0.4 is 0 Å². The van der Waals surface area contributed by atoms with Crippen molar-refractivity contribution >= 4 is 5.78 Å². The molecule has 0 aromatic rings. The number of ether oxygens (including phenoxy) is 1. The fourth-order valence-corrected chi connectivity index (χ4v) is 1.45. The van der Waals surface area contributed by atoms with Gasteiger partial charge in [-0.1, -0.05) is 0 Å². The van der Waals surface area contributed by atoms with Crippen LogP contribution in [0, 0.1) is 0 Å². The van der Waals surface area contributed by atoms with Gasteiger partial charge in [0, 0.05) is 0 Å². The minimum absolute atomic E-state index is 0.716. The molecule has 1 aliphatic heterocycles. The number of halogens is 2. The molecule has 1 aliphatic carbocycles. The van der Waals surface area contributed by atoms with E-state index in [2.05, 4.69) is 4.74 Å². The van der Waals surface area contributed by atoms with Crippen LogP contribution in [0.15, 0.2) is 0 Å². The van der Waals surface area contributed by atoms with Crippen molar-refractivity contribution in [3.8, 4) is 0 Å². The number of carbonyl (C=O) groups excluding carboxylic acids is 1. The number of ketones is 1. The van der Waals surface area contributed by atoms with Gasteiger partial charge in [-0.15, -0.1) is 0 Å². The molecule has 1 heterocycles. The summed E-state index contributed by atoms with van der Waals surface area (Å²) in [5.41, 5.74) is -2.94. The van der Waals surface area contributed by atoms with Gasteiger partial charge in [0.25, 0.3) is 5.67 Å². The second-order valence-corrected chi connectivity index (χ2v) is 2.92. The highest BCUT2D eigenvalue weighted by atomic mass is 19.2. The number of aliphatic hydroxyl groups is 2. The SMILES string of the molecule is O=C1C2(F)C(O)[C@@H](CO)O[C@@]12F. The average molecular weight is 180 g/mol. The van der Waals surface area contributed by atoms with Gasteiger partial charge in [-0.3, -0.25) is 4.79 Å². The van der Waals surface area contributed by atoms with Gasteiger partial charge < -0.3 is 14.9 Å². The van der Waals surface area contributed by atoms with E-state index in [9.17, 15) is 13.6 Å². The number of aliphatic hydroxyl groups excluding tert-OH is 2. The van der Waals surface area contributed by atoms with Crippen LogP contribution in [-0.2, 0) is 9.53 Å². The molecule has 0 aromatic heterocycles. The van der Waals surface area contributed by atoms with Gasteiger partial charge in [-0.25, -0.2) is 4.39 Å². The van der Waals surface area contributed by atoms with Gasteiger partial charge in [0.15, 0.2) is 0 Å². The first kappa shape index (κ1) is 8.03. The van der Waals surface area contributed by atoms with E-state index in [1.807, 2.05) is 0 Å². The van der Waals surface area contributed by atoms with E-state index in [1.165, 1.54) is 0 Å². The largest absolute Gasteiger partial charge is 0.394 e. The summed E-state index contributed by atoms with van der Waals surface area (Å²) in [5, 5.41) is 17.4. The maximum Gasteiger partial charge on any atom is 0.317 e. The maximum atomic E-state index is 13.1. The Labute approximate surface area is 65.7 Å². The molecule has 4 atom stereocenters. The summed E-state index contributed by atoms with van der Waals surface area (Å²) < 4.78 is 30.2. The van der Waals surface area contributed by atoms with Crippen molar-refractivity contribution < 1.29 is 28.5 Å². The third-order valence-corrected chi connectivity index (χ3v) is 2.28. The molecule has 0 bridgehead atoms. The van der Waals surface area contributed by atoms with Crippen molar-refractivity contribution in [3.05, 3.63) is 0 Å². The predicted molar refractivity (Wildman–Crippen MR) is 30.7 cm³/mol. The minimum Gasteiger partial charge on any atom is -0.394 e. The number of fused-ring (bicyclic) bond motifs is 1. The highest BCUT2D eigenvalue weighted by molar-refractivity contribution is 6.14. The molecule has 1 saturated carbocycles. The smallest absolute Gasteiger partial charge is 0.317 e. The standard InChI is InChI=1S/C6H6F2O4/c7-5-3(10)2(1-9)12-6(5,8)4(5)11/h2-3,9-10H,1H2/t2-,3?,5?,6+/m1/s1. The van der Waals surface area contributed by atoms with E-state index in [1.54, 1.807) is 0 Å². The van der Waals surface area contributed by atoms with Crippen LogP contribution in [0.1, 0.15) is 0 Å². The molecule has 2 unspecified atom stereocenters. The molecule has 68 valence electrons. The summed E-state index contributed by atoms with van der Waals surface area (Å²) in [6.45, 7) is -0.716. The number of Topliss-reactive ketones (excluding diaryl/α,β-unsaturated/α-hetero) is 1. The second kappa shape index (κ2) is 1.84. The van der Waals surface area contributed by atoms with Crippen molar-refractivity contribution in [2.75, 3.05) is 6.61 Å². The molecule has 4 nitrogen and oxygen atoms in total. The zero-order valence-corrected chi connectivity index (χ0v) is 5.83. The van der Waals surface area contributed by atoms with Crippen molar-refractivity contribution in [2.24, 2.45) is 0 Å². The van der Waals surface area contributed by atoms with Gasteiger partial charge in [-0.05, 0) is 0 Å². The monoisotopic (exact) mass is 180 g/mol. The molecule has 2 N–H and O–H groups in total. The summed E-state index contributed by atoms with van der Waals surface area (Å²) in [6.07, 6.45) is -3.25. The van der Waals surface area contributed by atoms with E-state index < -0.39 is 36.1 Å². The van der Waals surface area contributed by atoms with E-state index in [-0.39, 0.29) is 0 Å². The molecule has 0 radical (unpaired) electrons. The molecule has 0 spiro atoms. The van der Waals surface area contributed by atoms with Crippen LogP contribution in [0.2, 0.25) is 0 Å². The van der Waals surface area contributed by atoms with Crippen LogP contribution in [0.4, 0.5) is 8.78 Å². The number of carbonyl (C=O) groups is 1. The Bertz CT molecular complexity index is 258. The van der Waals surface area contributed by atoms with Crippen LogP contribution in [-0.4, -0.2) is 46.3 Å². The van der Waals surface area contributed by atoms with Gasteiger partial charge in [-0.2, -0.15) is 4.39 Å². The third-order valence-electron chi connectivity index (χ3n) is 2.28. The Hall–Kier alpha value is -0.590. The van der Waals surface area contributed by atoms with E-state index in [0.29, 0.717) is 0 Å². The zero-order valence-electron chi connectivity index (χ0n) is 5.83. The molecule has 0 aromatic carbocycles. The lowest BCUT2D eigenvalue weighted by Gasteiger charge is -2.13. The Balaban J connectivity index is 2.30. The zero-order chi connectivity index (χ0) is 9.15. The number of hydrogen-bond acceptors (Lipinski definition) is 4. The number of alkyl halides is 2. The van der Waals surface area contributed by atoms with Crippen molar-refractivity contribution in [1.82, 2.24) is 0 Å². The lowest BCUT2D eigenvalue weighted by molar-refractivity contribution is -0.144. The highest BCUT2D eigenvalue weighted by Gasteiger charge is 2.92. The molecule has 6 heteroatoms. The van der Waals surface area contributed by atoms with Gasteiger partial charge in [0.2, 0.25) is 5.78 Å². The van der Waals surface area contributed by atoms with Crippen LogP contribution in [0.25, 0.3) is 0 Å². The quantitative estimate of drug-likeness (QED) is 0.526. The van der Waals surface area contributed by atoms with Crippen LogP contribution in [0.3, 0.4) is 0 Å². The van der Waals surface area contributed by atoms with Gasteiger partial charge >= 0.3 is 5.85 Å². The average Bonchev–Trinajstić information content (AvgIpc) is 2.36. The molecule has 12 heavy (non-hydrogen) atoms. The van der Waals surface area contributed by atoms with Crippen molar-refractivity contribution in [1.29, 1.82) is 0 Å². The first-order chi connectivity index (χ1) is 5.48. The summed E-state index contributed by atoms with van der Waals surface area (Å²) in [7, 11) is 0. The van der Waals surface area contributed by atoms with Crippen molar-refractivity contribution in [2.45, 2.75) is 23.7 Å². The lowest BCUT2D eigenvalue weighted by atomic mass is 10.1. The fourth-order valence-electron chi connectivity index (χ4n) is 1.45. The first-order valence-corrected chi connectivity index (χ1v) is 3.38. The van der Waals surface area contributed by atoms with Crippen molar-refractivity contribution in [3.63, 3.8) is 0 Å². The molecule has 2 rings (SSSR count). The number of hydrogen-bond donors (Lipinski definition) is 2. The maximum absolute atomic E-state index is 13.1. The Morgan fingerprint density at radius 2 is 2.17 bits per heavy atom.